The van der Waals surface area contributed by atoms with Crippen molar-refractivity contribution in [2.24, 2.45) is 0 Å². The molecule has 0 radical (unpaired) electrons. The standard InChI is InChI=1S/C15H13BrFNO3/c1-20-11-6-12(16)14(13(7-11)21-2)15(19)8-3-9(17)5-10(18)4-8/h3-7H,18H2,1-2H3. The molecule has 0 saturated carbocycles. The molecule has 0 unspecified atom stereocenters. The number of halogens is 2. The summed E-state index contributed by atoms with van der Waals surface area (Å²) >= 11 is 3.31. The minimum Gasteiger partial charge on any atom is -0.497 e. The first-order valence-corrected chi connectivity index (χ1v) is 6.78. The van der Waals surface area contributed by atoms with E-state index < -0.39 is 11.6 Å². The third kappa shape index (κ3) is 3.16. The van der Waals surface area contributed by atoms with Gasteiger partial charge >= 0.3 is 0 Å². The summed E-state index contributed by atoms with van der Waals surface area (Å²) in [6, 6.07) is 6.92. The summed E-state index contributed by atoms with van der Waals surface area (Å²) in [5.74, 6) is -0.0994. The summed E-state index contributed by atoms with van der Waals surface area (Å²) in [4.78, 5) is 12.6. The van der Waals surface area contributed by atoms with Crippen molar-refractivity contribution >= 4 is 27.4 Å². The molecule has 2 rings (SSSR count). The maximum Gasteiger partial charge on any atom is 0.198 e. The van der Waals surface area contributed by atoms with Gasteiger partial charge in [-0.15, -0.1) is 0 Å². The Labute approximate surface area is 129 Å². The molecule has 0 aliphatic heterocycles. The minimum atomic E-state index is -0.568. The quantitative estimate of drug-likeness (QED) is 0.675. The predicted octanol–water partition coefficient (Wildman–Crippen LogP) is 3.42. The molecule has 6 heteroatoms. The van der Waals surface area contributed by atoms with Crippen LogP contribution in [-0.2, 0) is 0 Å². The van der Waals surface area contributed by atoms with Gasteiger partial charge in [-0.1, -0.05) is 0 Å². The first-order chi connectivity index (χ1) is 9.96. The van der Waals surface area contributed by atoms with Crippen molar-refractivity contribution in [3.8, 4) is 11.5 Å². The lowest BCUT2D eigenvalue weighted by Crippen LogP contribution is -2.07. The molecule has 2 aromatic carbocycles. The fourth-order valence-corrected chi connectivity index (χ4v) is 2.55. The minimum absolute atomic E-state index is 0.150. The highest BCUT2D eigenvalue weighted by Crippen LogP contribution is 2.34. The highest BCUT2D eigenvalue weighted by atomic mass is 79.9. The molecule has 0 aromatic heterocycles. The van der Waals surface area contributed by atoms with Crippen LogP contribution in [0, 0.1) is 5.82 Å². The van der Waals surface area contributed by atoms with Crippen molar-refractivity contribution in [3.05, 3.63) is 51.7 Å². The second-order valence-corrected chi connectivity index (χ2v) is 5.14. The van der Waals surface area contributed by atoms with Crippen LogP contribution in [0.2, 0.25) is 0 Å². The van der Waals surface area contributed by atoms with E-state index in [1.807, 2.05) is 0 Å². The molecule has 0 aliphatic carbocycles. The van der Waals surface area contributed by atoms with Gasteiger partial charge in [0.1, 0.15) is 17.3 Å². The monoisotopic (exact) mass is 353 g/mol. The largest absolute Gasteiger partial charge is 0.497 e. The first-order valence-electron chi connectivity index (χ1n) is 5.98. The van der Waals surface area contributed by atoms with Crippen molar-refractivity contribution in [1.82, 2.24) is 0 Å². The number of anilines is 1. The van der Waals surface area contributed by atoms with Gasteiger partial charge in [0, 0.05) is 21.8 Å². The third-order valence-corrected chi connectivity index (χ3v) is 3.52. The molecular weight excluding hydrogens is 341 g/mol. The fourth-order valence-electron chi connectivity index (χ4n) is 1.94. The van der Waals surface area contributed by atoms with E-state index >= 15 is 0 Å². The molecule has 0 heterocycles. The average Bonchev–Trinajstić information content (AvgIpc) is 2.44. The van der Waals surface area contributed by atoms with Crippen LogP contribution in [0.1, 0.15) is 15.9 Å². The van der Waals surface area contributed by atoms with Crippen LogP contribution in [0.4, 0.5) is 10.1 Å². The molecule has 2 aromatic rings. The summed E-state index contributed by atoms with van der Waals surface area (Å²) in [5.41, 5.74) is 6.19. The van der Waals surface area contributed by atoms with Crippen molar-refractivity contribution in [2.45, 2.75) is 0 Å². The summed E-state index contributed by atoms with van der Waals surface area (Å²) in [6.45, 7) is 0. The topological polar surface area (TPSA) is 61.5 Å². The zero-order chi connectivity index (χ0) is 15.6. The SMILES string of the molecule is COc1cc(Br)c(C(=O)c2cc(N)cc(F)c2)c(OC)c1. The van der Waals surface area contributed by atoms with E-state index in [1.165, 1.54) is 20.3 Å². The molecular formula is C15H13BrFNO3. The summed E-state index contributed by atoms with van der Waals surface area (Å²) < 4.78 is 24.2. The summed E-state index contributed by atoms with van der Waals surface area (Å²) in [6.07, 6.45) is 0. The second-order valence-electron chi connectivity index (χ2n) is 4.29. The van der Waals surface area contributed by atoms with Crippen LogP contribution in [0.3, 0.4) is 0 Å². The number of nitrogen functional groups attached to an aromatic ring is 1. The van der Waals surface area contributed by atoms with Gasteiger partial charge in [-0.05, 0) is 40.2 Å². The van der Waals surface area contributed by atoms with Crippen LogP contribution in [-0.4, -0.2) is 20.0 Å². The van der Waals surface area contributed by atoms with Crippen LogP contribution in [0.25, 0.3) is 0 Å². The molecule has 0 atom stereocenters. The average molecular weight is 354 g/mol. The zero-order valence-electron chi connectivity index (χ0n) is 11.4. The number of ether oxygens (including phenoxy) is 2. The lowest BCUT2D eigenvalue weighted by Gasteiger charge is -2.12. The Morgan fingerprint density at radius 2 is 1.86 bits per heavy atom. The molecule has 0 spiro atoms. The number of nitrogens with two attached hydrogens (primary N) is 1. The number of ketones is 1. The van der Waals surface area contributed by atoms with Crippen LogP contribution < -0.4 is 15.2 Å². The second kappa shape index (κ2) is 6.13. The molecule has 0 amide bonds. The van der Waals surface area contributed by atoms with E-state index in [-0.39, 0.29) is 16.8 Å². The number of carbonyl (C=O) groups is 1. The van der Waals surface area contributed by atoms with Gasteiger partial charge < -0.3 is 15.2 Å². The lowest BCUT2D eigenvalue weighted by atomic mass is 10.0. The molecule has 110 valence electrons. The maximum absolute atomic E-state index is 13.4. The zero-order valence-corrected chi connectivity index (χ0v) is 13.0. The van der Waals surface area contributed by atoms with Gasteiger partial charge in [0.25, 0.3) is 0 Å². The normalized spacial score (nSPS) is 10.3. The fraction of sp³-hybridized carbons (Fsp3) is 0.133. The number of carbonyl (C=O) groups excluding carboxylic acids is 1. The van der Waals surface area contributed by atoms with Crippen molar-refractivity contribution < 1.29 is 18.7 Å². The predicted molar refractivity (Wildman–Crippen MR) is 81.5 cm³/mol. The van der Waals surface area contributed by atoms with E-state index in [4.69, 9.17) is 15.2 Å². The van der Waals surface area contributed by atoms with Crippen LogP contribution in [0.15, 0.2) is 34.8 Å². The molecule has 21 heavy (non-hydrogen) atoms. The first kappa shape index (κ1) is 15.3. The third-order valence-electron chi connectivity index (χ3n) is 2.89. The maximum atomic E-state index is 13.4. The highest BCUT2D eigenvalue weighted by molar-refractivity contribution is 9.10. The van der Waals surface area contributed by atoms with E-state index in [1.54, 1.807) is 12.1 Å². The van der Waals surface area contributed by atoms with Crippen molar-refractivity contribution in [1.29, 1.82) is 0 Å². The Kier molecular flexibility index (Phi) is 4.47. The van der Waals surface area contributed by atoms with E-state index in [2.05, 4.69) is 15.9 Å². The Morgan fingerprint density at radius 1 is 1.14 bits per heavy atom. The molecule has 2 N–H and O–H groups in total. The van der Waals surface area contributed by atoms with Crippen LogP contribution >= 0.6 is 15.9 Å². The smallest absolute Gasteiger partial charge is 0.198 e. The molecule has 0 aliphatic rings. The van der Waals surface area contributed by atoms with Crippen LogP contribution in [0.5, 0.6) is 11.5 Å². The van der Waals surface area contributed by atoms with Gasteiger partial charge in [0.05, 0.1) is 19.8 Å². The Morgan fingerprint density at radius 3 is 2.43 bits per heavy atom. The molecule has 0 fully saturated rings. The van der Waals surface area contributed by atoms with Gasteiger partial charge in [0.15, 0.2) is 5.78 Å². The highest BCUT2D eigenvalue weighted by Gasteiger charge is 2.20. The number of methoxy groups -OCH3 is 2. The van der Waals surface area contributed by atoms with Crippen molar-refractivity contribution in [3.63, 3.8) is 0 Å². The molecule has 4 nitrogen and oxygen atoms in total. The van der Waals surface area contributed by atoms with Gasteiger partial charge in [-0.25, -0.2) is 4.39 Å². The Balaban J connectivity index is 2.57. The van der Waals surface area contributed by atoms with Gasteiger partial charge in [0.2, 0.25) is 0 Å². The molecule has 0 bridgehead atoms. The summed E-state index contributed by atoms with van der Waals surface area (Å²) in [7, 11) is 2.95. The number of benzene rings is 2. The van der Waals surface area contributed by atoms with Gasteiger partial charge in [-0.2, -0.15) is 0 Å². The van der Waals surface area contributed by atoms with Crippen molar-refractivity contribution in [2.75, 3.05) is 20.0 Å². The lowest BCUT2D eigenvalue weighted by molar-refractivity contribution is 0.103. The number of rotatable bonds is 4. The van der Waals surface area contributed by atoms with Gasteiger partial charge in [-0.3, -0.25) is 4.79 Å². The Bertz CT molecular complexity index is 683. The van der Waals surface area contributed by atoms with E-state index in [0.29, 0.717) is 16.0 Å². The Hall–Kier alpha value is -2.08. The summed E-state index contributed by atoms with van der Waals surface area (Å²) in [5, 5.41) is 0. The van der Waals surface area contributed by atoms with E-state index in [9.17, 15) is 9.18 Å². The molecule has 0 saturated heterocycles. The van der Waals surface area contributed by atoms with E-state index in [0.717, 1.165) is 12.1 Å². The number of hydrogen-bond donors (Lipinski definition) is 1. The number of hydrogen-bond acceptors (Lipinski definition) is 4.